The van der Waals surface area contributed by atoms with Gasteiger partial charge in [-0.05, 0) is 64.9 Å². The summed E-state index contributed by atoms with van der Waals surface area (Å²) in [6.45, 7) is 9.84. The van der Waals surface area contributed by atoms with E-state index in [2.05, 4.69) is 64.8 Å². The third kappa shape index (κ3) is 6.04. The number of fused-ring (bicyclic) bond motifs is 1. The van der Waals surface area contributed by atoms with Gasteiger partial charge in [0.1, 0.15) is 17.1 Å². The van der Waals surface area contributed by atoms with Crippen LogP contribution < -0.4 is 4.74 Å². The van der Waals surface area contributed by atoms with Crippen molar-refractivity contribution in [2.75, 3.05) is 0 Å². The molecule has 240 valence electrons. The Morgan fingerprint density at radius 3 is 1.78 bits per heavy atom. The zero-order valence-electron chi connectivity index (χ0n) is 25.8. The molecule has 0 amide bonds. The summed E-state index contributed by atoms with van der Waals surface area (Å²) in [5, 5.41) is 13.5. The molecule has 0 heterocycles. The van der Waals surface area contributed by atoms with Crippen molar-refractivity contribution < 1.29 is 31.8 Å². The van der Waals surface area contributed by atoms with Gasteiger partial charge in [0, 0.05) is 32.9 Å². The van der Waals surface area contributed by atoms with Crippen molar-refractivity contribution in [3.8, 4) is 33.8 Å². The minimum absolute atomic E-state index is 0.0271. The SMILES string of the molecule is CC(C)(C)c1cc(CBr)c(OC(C)(C)c2cc(CBr)c(O)c(-c3c(F)c(F)c(F)c(F)c3F)c2)c(-c2cccc3ccccc23)c1. The highest BCUT2D eigenvalue weighted by atomic mass is 79.9. The van der Waals surface area contributed by atoms with Gasteiger partial charge >= 0.3 is 0 Å². The summed E-state index contributed by atoms with van der Waals surface area (Å²) in [4.78, 5) is 0. The van der Waals surface area contributed by atoms with Gasteiger partial charge in [-0.2, -0.15) is 0 Å². The summed E-state index contributed by atoms with van der Waals surface area (Å²) >= 11 is 6.91. The minimum atomic E-state index is -2.28. The lowest BCUT2D eigenvalue weighted by Crippen LogP contribution is -2.27. The average Bonchev–Trinajstić information content (AvgIpc) is 3.02. The van der Waals surface area contributed by atoms with Crippen LogP contribution in [0.15, 0.2) is 66.7 Å². The first kappa shape index (κ1) is 33.9. The maximum atomic E-state index is 15.0. The number of phenols is 1. The lowest BCUT2D eigenvalue weighted by Gasteiger charge is -2.32. The number of alkyl halides is 2. The molecule has 0 saturated carbocycles. The van der Waals surface area contributed by atoms with Crippen LogP contribution in [0.25, 0.3) is 33.0 Å². The third-order valence-electron chi connectivity index (χ3n) is 8.12. The molecule has 0 aliphatic heterocycles. The molecule has 0 aliphatic rings. The quantitative estimate of drug-likeness (QED) is 0.0774. The largest absolute Gasteiger partial charge is 0.507 e. The molecule has 0 radical (unpaired) electrons. The second kappa shape index (κ2) is 12.6. The first-order valence-electron chi connectivity index (χ1n) is 14.4. The number of aromatic hydroxyl groups is 1. The van der Waals surface area contributed by atoms with Crippen LogP contribution in [0.5, 0.6) is 11.5 Å². The fraction of sp³-hybridized carbons (Fsp3) is 0.243. The monoisotopic (exact) mass is 760 g/mol. The molecule has 9 heteroatoms. The smallest absolute Gasteiger partial charge is 0.200 e. The summed E-state index contributed by atoms with van der Waals surface area (Å²) in [6.07, 6.45) is 0. The summed E-state index contributed by atoms with van der Waals surface area (Å²) in [5.74, 6) is -10.6. The van der Waals surface area contributed by atoms with Gasteiger partial charge in [-0.1, -0.05) is 101 Å². The highest BCUT2D eigenvalue weighted by Gasteiger charge is 2.33. The van der Waals surface area contributed by atoms with E-state index in [1.165, 1.54) is 6.07 Å². The Kier molecular flexibility index (Phi) is 9.32. The summed E-state index contributed by atoms with van der Waals surface area (Å²) in [6, 6.07) is 21.0. The fourth-order valence-electron chi connectivity index (χ4n) is 5.49. The van der Waals surface area contributed by atoms with Crippen LogP contribution in [-0.2, 0) is 21.7 Å². The Morgan fingerprint density at radius 2 is 1.17 bits per heavy atom. The molecule has 5 aromatic rings. The van der Waals surface area contributed by atoms with E-state index in [9.17, 15) is 27.1 Å². The minimum Gasteiger partial charge on any atom is -0.507 e. The van der Waals surface area contributed by atoms with Gasteiger partial charge in [0.2, 0.25) is 5.82 Å². The standard InChI is InChI=1S/C37H31Br2F5O2/c1-36(2,3)22-14-21(18-39)35(26(15-22)25-12-8-10-19-9-6-7-11-24(19)25)46-37(4,5)23-13-20(17-38)34(45)27(16-23)28-29(40)31(42)33(44)32(43)30(28)41/h6-16,45H,17-18H2,1-5H3. The second-order valence-electron chi connectivity index (χ2n) is 12.6. The number of phenolic OH excluding ortho intramolecular Hbond substituents is 1. The first-order valence-corrected chi connectivity index (χ1v) is 16.7. The molecule has 1 N–H and O–H groups in total. The van der Waals surface area contributed by atoms with Crippen LogP contribution in [0.2, 0.25) is 0 Å². The van der Waals surface area contributed by atoms with Gasteiger partial charge in [0.05, 0.1) is 5.56 Å². The molecule has 5 rings (SSSR count). The number of hydrogen-bond acceptors (Lipinski definition) is 2. The van der Waals surface area contributed by atoms with Crippen LogP contribution >= 0.6 is 31.9 Å². The maximum Gasteiger partial charge on any atom is 0.200 e. The maximum absolute atomic E-state index is 15.0. The van der Waals surface area contributed by atoms with E-state index in [0.717, 1.165) is 33.0 Å². The molecule has 2 nitrogen and oxygen atoms in total. The van der Waals surface area contributed by atoms with Gasteiger partial charge < -0.3 is 9.84 Å². The number of benzene rings is 5. The molecule has 0 aromatic heterocycles. The van der Waals surface area contributed by atoms with Gasteiger partial charge in [0.15, 0.2) is 23.3 Å². The average molecular weight is 762 g/mol. The normalized spacial score (nSPS) is 12.2. The van der Waals surface area contributed by atoms with Crippen molar-refractivity contribution in [3.63, 3.8) is 0 Å². The van der Waals surface area contributed by atoms with Crippen molar-refractivity contribution >= 4 is 42.6 Å². The molecule has 0 aliphatic carbocycles. The van der Waals surface area contributed by atoms with E-state index >= 15 is 0 Å². The van der Waals surface area contributed by atoms with Crippen molar-refractivity contribution in [3.05, 3.63) is 118 Å². The van der Waals surface area contributed by atoms with Gasteiger partial charge in [-0.25, -0.2) is 22.0 Å². The van der Waals surface area contributed by atoms with Crippen molar-refractivity contribution in [2.24, 2.45) is 0 Å². The Balaban J connectivity index is 1.76. The molecule has 5 aromatic carbocycles. The zero-order valence-corrected chi connectivity index (χ0v) is 28.9. The number of rotatable bonds is 7. The molecule has 0 unspecified atom stereocenters. The lowest BCUT2D eigenvalue weighted by molar-refractivity contribution is 0.108. The predicted octanol–water partition coefficient (Wildman–Crippen LogP) is 12.0. The summed E-state index contributed by atoms with van der Waals surface area (Å²) < 4.78 is 79.3. The van der Waals surface area contributed by atoms with Crippen LogP contribution in [0.1, 0.15) is 56.9 Å². The molecule has 0 saturated heterocycles. The highest BCUT2D eigenvalue weighted by Crippen LogP contribution is 2.46. The van der Waals surface area contributed by atoms with E-state index < -0.39 is 51.6 Å². The second-order valence-corrected chi connectivity index (χ2v) is 13.8. The Bertz CT molecular complexity index is 1950. The van der Waals surface area contributed by atoms with E-state index in [1.54, 1.807) is 19.9 Å². The number of hydrogen-bond donors (Lipinski definition) is 1. The van der Waals surface area contributed by atoms with E-state index in [1.807, 2.05) is 42.5 Å². The number of halogens is 7. The molecule has 0 fully saturated rings. The van der Waals surface area contributed by atoms with Crippen LogP contribution in [0.3, 0.4) is 0 Å². The lowest BCUT2D eigenvalue weighted by atomic mass is 9.83. The predicted molar refractivity (Wildman–Crippen MR) is 180 cm³/mol. The van der Waals surface area contributed by atoms with Gasteiger partial charge in [-0.3, -0.25) is 0 Å². The van der Waals surface area contributed by atoms with Crippen molar-refractivity contribution in [2.45, 2.75) is 56.3 Å². The van der Waals surface area contributed by atoms with Crippen LogP contribution in [0, 0.1) is 29.1 Å². The van der Waals surface area contributed by atoms with Crippen molar-refractivity contribution in [1.29, 1.82) is 0 Å². The topological polar surface area (TPSA) is 29.5 Å². The highest BCUT2D eigenvalue weighted by molar-refractivity contribution is 9.08. The molecule has 46 heavy (non-hydrogen) atoms. The van der Waals surface area contributed by atoms with E-state index in [-0.39, 0.29) is 16.3 Å². The third-order valence-corrected chi connectivity index (χ3v) is 9.33. The van der Waals surface area contributed by atoms with E-state index in [4.69, 9.17) is 4.74 Å². The molecular formula is C37H31Br2F5O2. The van der Waals surface area contributed by atoms with Crippen molar-refractivity contribution in [1.82, 2.24) is 0 Å². The Hall–Kier alpha value is -3.43. The van der Waals surface area contributed by atoms with Crippen LogP contribution in [0.4, 0.5) is 22.0 Å². The summed E-state index contributed by atoms with van der Waals surface area (Å²) in [5.41, 5.74) is 0.997. The van der Waals surface area contributed by atoms with Gasteiger partial charge in [0.25, 0.3) is 0 Å². The van der Waals surface area contributed by atoms with Gasteiger partial charge in [-0.15, -0.1) is 0 Å². The Labute approximate surface area is 281 Å². The molecule has 0 spiro atoms. The van der Waals surface area contributed by atoms with Crippen LogP contribution in [-0.4, -0.2) is 5.11 Å². The molecular weight excluding hydrogens is 731 g/mol. The molecule has 0 bridgehead atoms. The Morgan fingerprint density at radius 1 is 0.630 bits per heavy atom. The van der Waals surface area contributed by atoms with E-state index in [0.29, 0.717) is 16.6 Å². The molecule has 0 atom stereocenters. The zero-order chi connectivity index (χ0) is 33.7. The number of ether oxygens (including phenoxy) is 1. The fourth-order valence-corrected chi connectivity index (χ4v) is 6.34. The first-order chi connectivity index (χ1) is 21.6. The summed E-state index contributed by atoms with van der Waals surface area (Å²) in [7, 11) is 0.